The minimum absolute atomic E-state index is 1.12. The average molecular weight is 261 g/mol. The van der Waals surface area contributed by atoms with Gasteiger partial charge in [-0.05, 0) is 36.1 Å². The van der Waals surface area contributed by atoms with Gasteiger partial charge in [-0.15, -0.1) is 0 Å². The van der Waals surface area contributed by atoms with Crippen LogP contribution < -0.4 is 4.90 Å². The Bertz CT molecular complexity index is 406. The zero-order valence-corrected chi connectivity index (χ0v) is 12.8. The van der Waals surface area contributed by atoms with Crippen molar-refractivity contribution in [3.63, 3.8) is 0 Å². The van der Waals surface area contributed by atoms with Crippen LogP contribution in [-0.2, 0) is 12.8 Å². The molecule has 1 fully saturated rings. The van der Waals surface area contributed by atoms with Crippen molar-refractivity contribution in [1.82, 2.24) is 10.0 Å². The van der Waals surface area contributed by atoms with Crippen LogP contribution in [0.4, 0.5) is 5.69 Å². The van der Waals surface area contributed by atoms with Crippen LogP contribution in [0, 0.1) is 0 Å². The Labute approximate surface area is 117 Å². The Hall–Kier alpha value is -1.06. The molecule has 0 aromatic heterocycles. The maximum Gasteiger partial charge on any atom is 0.0370 e. The molecule has 1 aliphatic heterocycles. The average Bonchev–Trinajstić information content (AvgIpc) is 2.46. The highest BCUT2D eigenvalue weighted by Gasteiger charge is 2.18. The Morgan fingerprint density at radius 1 is 0.947 bits per heavy atom. The van der Waals surface area contributed by atoms with Gasteiger partial charge in [0, 0.05) is 46.0 Å². The molecule has 0 aliphatic carbocycles. The Morgan fingerprint density at radius 3 is 2.11 bits per heavy atom. The highest BCUT2D eigenvalue weighted by molar-refractivity contribution is 5.51. The van der Waals surface area contributed by atoms with Crippen molar-refractivity contribution in [2.75, 3.05) is 45.2 Å². The first-order chi connectivity index (χ1) is 9.15. The predicted molar refractivity (Wildman–Crippen MR) is 82.7 cm³/mol. The molecule has 0 atom stereocenters. The molecule has 3 nitrogen and oxygen atoms in total. The van der Waals surface area contributed by atoms with E-state index in [1.165, 1.54) is 16.8 Å². The van der Waals surface area contributed by atoms with Gasteiger partial charge in [-0.25, -0.2) is 10.0 Å². The highest BCUT2D eigenvalue weighted by atomic mass is 15.6. The van der Waals surface area contributed by atoms with Gasteiger partial charge in [-0.2, -0.15) is 0 Å². The van der Waals surface area contributed by atoms with Gasteiger partial charge in [0.25, 0.3) is 0 Å². The molecule has 1 aromatic rings. The van der Waals surface area contributed by atoms with E-state index < -0.39 is 0 Å². The Kier molecular flexibility index (Phi) is 4.83. The number of hydrogen-bond acceptors (Lipinski definition) is 3. The zero-order chi connectivity index (χ0) is 13.8. The molecule has 0 radical (unpaired) electrons. The van der Waals surface area contributed by atoms with Crippen molar-refractivity contribution in [2.45, 2.75) is 26.7 Å². The number of anilines is 1. The topological polar surface area (TPSA) is 9.72 Å². The lowest BCUT2D eigenvalue weighted by Crippen LogP contribution is -2.51. The molecule has 1 aliphatic rings. The van der Waals surface area contributed by atoms with E-state index in [9.17, 15) is 0 Å². The van der Waals surface area contributed by atoms with E-state index in [0.29, 0.717) is 0 Å². The van der Waals surface area contributed by atoms with Gasteiger partial charge in [-0.1, -0.05) is 19.9 Å². The maximum absolute atomic E-state index is 2.51. The molecule has 1 aromatic carbocycles. The molecular weight excluding hydrogens is 234 g/mol. The van der Waals surface area contributed by atoms with E-state index >= 15 is 0 Å². The number of nitrogens with zero attached hydrogens (tertiary/aromatic N) is 3. The third-order valence-corrected chi connectivity index (χ3v) is 4.14. The number of hydrazine groups is 1. The van der Waals surface area contributed by atoms with Gasteiger partial charge in [0.1, 0.15) is 0 Å². The van der Waals surface area contributed by atoms with Crippen molar-refractivity contribution in [3.05, 3.63) is 29.3 Å². The van der Waals surface area contributed by atoms with Crippen LogP contribution in [0.2, 0.25) is 0 Å². The van der Waals surface area contributed by atoms with Crippen LogP contribution in [0.1, 0.15) is 25.0 Å². The fourth-order valence-corrected chi connectivity index (χ4v) is 2.84. The van der Waals surface area contributed by atoms with Crippen LogP contribution in [-0.4, -0.2) is 50.3 Å². The fourth-order valence-electron chi connectivity index (χ4n) is 2.84. The summed E-state index contributed by atoms with van der Waals surface area (Å²) in [5.74, 6) is 0. The molecule has 1 heterocycles. The SMILES string of the molecule is CCc1ccc(N2CCN(N(C)C)CC2)cc1CC. The van der Waals surface area contributed by atoms with Crippen molar-refractivity contribution in [3.8, 4) is 0 Å². The van der Waals surface area contributed by atoms with Gasteiger partial charge in [-0.3, -0.25) is 0 Å². The smallest absolute Gasteiger partial charge is 0.0370 e. The normalized spacial score (nSPS) is 17.2. The summed E-state index contributed by atoms with van der Waals surface area (Å²) in [5.41, 5.74) is 4.40. The van der Waals surface area contributed by atoms with Crippen LogP contribution in [0.25, 0.3) is 0 Å². The lowest BCUT2D eigenvalue weighted by molar-refractivity contribution is 0.0201. The Morgan fingerprint density at radius 2 is 1.58 bits per heavy atom. The molecule has 19 heavy (non-hydrogen) atoms. The molecule has 0 saturated carbocycles. The molecule has 0 unspecified atom stereocenters. The second-order valence-electron chi connectivity index (χ2n) is 5.45. The first kappa shape index (κ1) is 14.4. The van der Waals surface area contributed by atoms with E-state index in [1.54, 1.807) is 0 Å². The van der Waals surface area contributed by atoms with E-state index in [4.69, 9.17) is 0 Å². The van der Waals surface area contributed by atoms with Crippen LogP contribution in [0.5, 0.6) is 0 Å². The Balaban J connectivity index is 2.07. The molecule has 0 N–H and O–H groups in total. The molecule has 0 spiro atoms. The monoisotopic (exact) mass is 261 g/mol. The highest BCUT2D eigenvalue weighted by Crippen LogP contribution is 2.22. The summed E-state index contributed by atoms with van der Waals surface area (Å²) < 4.78 is 0. The molecule has 1 saturated heterocycles. The molecular formula is C16H27N3. The summed E-state index contributed by atoms with van der Waals surface area (Å²) in [4.78, 5) is 2.51. The molecule has 2 rings (SSSR count). The summed E-state index contributed by atoms with van der Waals surface area (Å²) in [6, 6.07) is 7.00. The van der Waals surface area contributed by atoms with Crippen molar-refractivity contribution < 1.29 is 0 Å². The predicted octanol–water partition coefficient (Wildman–Crippen LogP) is 2.41. The van der Waals surface area contributed by atoms with Crippen molar-refractivity contribution in [1.29, 1.82) is 0 Å². The van der Waals surface area contributed by atoms with Crippen molar-refractivity contribution >= 4 is 5.69 Å². The largest absolute Gasteiger partial charge is 0.369 e. The number of aryl methyl sites for hydroxylation is 2. The molecule has 3 heteroatoms. The summed E-state index contributed by atoms with van der Waals surface area (Å²) in [6.45, 7) is 8.96. The van der Waals surface area contributed by atoms with Gasteiger partial charge in [0.05, 0.1) is 0 Å². The molecule has 0 bridgehead atoms. The number of piperazine rings is 1. The van der Waals surface area contributed by atoms with E-state index in [1.807, 2.05) is 0 Å². The summed E-state index contributed by atoms with van der Waals surface area (Å²) in [6.07, 6.45) is 2.27. The minimum atomic E-state index is 1.12. The van der Waals surface area contributed by atoms with Crippen LogP contribution in [0.3, 0.4) is 0 Å². The van der Waals surface area contributed by atoms with Gasteiger partial charge in [0.15, 0.2) is 0 Å². The van der Waals surface area contributed by atoms with Crippen molar-refractivity contribution in [2.24, 2.45) is 0 Å². The van der Waals surface area contributed by atoms with Gasteiger partial charge >= 0.3 is 0 Å². The first-order valence-corrected chi connectivity index (χ1v) is 7.44. The third kappa shape index (κ3) is 3.28. The zero-order valence-electron chi connectivity index (χ0n) is 12.8. The fraction of sp³-hybridized carbons (Fsp3) is 0.625. The standard InChI is InChI=1S/C16H27N3/c1-5-14-7-8-16(13-15(14)6-2)18-9-11-19(12-10-18)17(3)4/h7-8,13H,5-6,9-12H2,1-4H3. The van der Waals surface area contributed by atoms with E-state index in [2.05, 4.69) is 61.1 Å². The lowest BCUT2D eigenvalue weighted by Gasteiger charge is -2.39. The maximum atomic E-state index is 2.51. The van der Waals surface area contributed by atoms with Crippen LogP contribution in [0.15, 0.2) is 18.2 Å². The van der Waals surface area contributed by atoms with Gasteiger partial charge in [0.2, 0.25) is 0 Å². The van der Waals surface area contributed by atoms with E-state index in [0.717, 1.165) is 39.0 Å². The number of hydrogen-bond donors (Lipinski definition) is 0. The second-order valence-corrected chi connectivity index (χ2v) is 5.45. The number of benzene rings is 1. The summed E-state index contributed by atoms with van der Waals surface area (Å²) in [5, 5.41) is 4.60. The molecule has 0 amide bonds. The quantitative estimate of drug-likeness (QED) is 0.824. The molecule has 106 valence electrons. The van der Waals surface area contributed by atoms with E-state index in [-0.39, 0.29) is 0 Å². The summed E-state index contributed by atoms with van der Waals surface area (Å²) >= 11 is 0. The third-order valence-electron chi connectivity index (χ3n) is 4.14. The van der Waals surface area contributed by atoms with Gasteiger partial charge < -0.3 is 4.90 Å². The van der Waals surface area contributed by atoms with Crippen LogP contribution >= 0.6 is 0 Å². The summed E-state index contributed by atoms with van der Waals surface area (Å²) in [7, 11) is 4.25. The minimum Gasteiger partial charge on any atom is -0.369 e. The second kappa shape index (κ2) is 6.40. The number of rotatable bonds is 4. The lowest BCUT2D eigenvalue weighted by atomic mass is 10.0. The first-order valence-electron chi connectivity index (χ1n) is 7.44.